The highest BCUT2D eigenvalue weighted by molar-refractivity contribution is 7.16. The summed E-state index contributed by atoms with van der Waals surface area (Å²) >= 11 is 7.57. The van der Waals surface area contributed by atoms with Crippen LogP contribution < -0.4 is 4.80 Å². The first-order chi connectivity index (χ1) is 9.19. The molecular formula is C14H15ClN2OS. The molecule has 1 amide bonds. The first-order valence-electron chi connectivity index (χ1n) is 6.56. The van der Waals surface area contributed by atoms with E-state index in [2.05, 4.69) is 16.5 Å². The van der Waals surface area contributed by atoms with Crippen LogP contribution in [0.1, 0.15) is 26.2 Å². The summed E-state index contributed by atoms with van der Waals surface area (Å²) in [6, 6.07) is 5.83. The van der Waals surface area contributed by atoms with Crippen LogP contribution in [0.25, 0.3) is 10.2 Å². The van der Waals surface area contributed by atoms with Crippen LogP contribution in [0.2, 0.25) is 5.02 Å². The SMILES string of the molecule is CCCn1c(=NC(=O)C2CC2)sc2cc(Cl)ccc21. The summed E-state index contributed by atoms with van der Waals surface area (Å²) in [4.78, 5) is 17.0. The van der Waals surface area contributed by atoms with E-state index < -0.39 is 0 Å². The molecule has 1 aromatic carbocycles. The minimum atomic E-state index is 0.0301. The average Bonchev–Trinajstić information content (AvgIpc) is 3.16. The van der Waals surface area contributed by atoms with E-state index in [1.54, 1.807) is 11.3 Å². The van der Waals surface area contributed by atoms with Crippen LogP contribution in [0.5, 0.6) is 0 Å². The van der Waals surface area contributed by atoms with Gasteiger partial charge in [-0.2, -0.15) is 4.99 Å². The summed E-state index contributed by atoms with van der Waals surface area (Å²) in [7, 11) is 0. The third-order valence-electron chi connectivity index (χ3n) is 3.22. The van der Waals surface area contributed by atoms with E-state index in [-0.39, 0.29) is 11.8 Å². The van der Waals surface area contributed by atoms with Gasteiger partial charge in [0.25, 0.3) is 5.91 Å². The Kier molecular flexibility index (Phi) is 3.46. The van der Waals surface area contributed by atoms with Gasteiger partial charge in [-0.05, 0) is 37.5 Å². The Balaban J connectivity index is 2.16. The maximum absolute atomic E-state index is 11.9. The van der Waals surface area contributed by atoms with E-state index in [1.165, 1.54) is 0 Å². The quantitative estimate of drug-likeness (QED) is 0.851. The first kappa shape index (κ1) is 12.9. The monoisotopic (exact) mass is 294 g/mol. The zero-order valence-corrected chi connectivity index (χ0v) is 12.3. The van der Waals surface area contributed by atoms with Gasteiger partial charge in [-0.1, -0.05) is 29.9 Å². The number of nitrogens with zero attached hydrogens (tertiary/aromatic N) is 2. The second-order valence-corrected chi connectivity index (χ2v) is 6.32. The van der Waals surface area contributed by atoms with Gasteiger partial charge in [-0.3, -0.25) is 4.79 Å². The van der Waals surface area contributed by atoms with Crippen LogP contribution in [0.15, 0.2) is 23.2 Å². The Morgan fingerprint density at radius 2 is 2.32 bits per heavy atom. The number of carbonyl (C=O) groups excluding carboxylic acids is 1. The van der Waals surface area contributed by atoms with Crippen LogP contribution in [0, 0.1) is 5.92 Å². The van der Waals surface area contributed by atoms with Crippen LogP contribution in [-0.4, -0.2) is 10.5 Å². The van der Waals surface area contributed by atoms with Crippen molar-refractivity contribution in [2.45, 2.75) is 32.7 Å². The number of halogens is 1. The molecule has 0 radical (unpaired) electrons. The highest BCUT2D eigenvalue weighted by Gasteiger charge is 2.29. The van der Waals surface area contributed by atoms with Gasteiger partial charge in [-0.25, -0.2) is 0 Å². The highest BCUT2D eigenvalue weighted by atomic mass is 35.5. The van der Waals surface area contributed by atoms with Gasteiger partial charge >= 0.3 is 0 Å². The number of benzene rings is 1. The molecule has 1 aliphatic carbocycles. The molecule has 100 valence electrons. The standard InChI is InChI=1S/C14H15ClN2OS/c1-2-7-17-11-6-5-10(15)8-12(11)19-14(17)16-13(18)9-3-4-9/h5-6,8-9H,2-4,7H2,1H3. The van der Waals surface area contributed by atoms with Crippen molar-refractivity contribution in [3.8, 4) is 0 Å². The number of rotatable bonds is 3. The van der Waals surface area contributed by atoms with Gasteiger partial charge in [0.1, 0.15) is 0 Å². The van der Waals surface area contributed by atoms with Crippen molar-refractivity contribution in [1.29, 1.82) is 0 Å². The van der Waals surface area contributed by atoms with Gasteiger partial charge in [-0.15, -0.1) is 0 Å². The summed E-state index contributed by atoms with van der Waals surface area (Å²) in [5.74, 6) is 0.200. The third kappa shape index (κ3) is 2.60. The molecule has 1 aromatic heterocycles. The number of aryl methyl sites for hydroxylation is 1. The van der Waals surface area contributed by atoms with Crippen molar-refractivity contribution in [3.05, 3.63) is 28.0 Å². The molecule has 0 bridgehead atoms. The minimum Gasteiger partial charge on any atom is -0.316 e. The maximum Gasteiger partial charge on any atom is 0.251 e. The smallest absolute Gasteiger partial charge is 0.251 e. The molecule has 0 atom stereocenters. The maximum atomic E-state index is 11.9. The highest BCUT2D eigenvalue weighted by Crippen LogP contribution is 2.30. The second-order valence-electron chi connectivity index (χ2n) is 4.87. The number of aromatic nitrogens is 1. The molecule has 0 unspecified atom stereocenters. The molecule has 0 spiro atoms. The lowest BCUT2D eigenvalue weighted by Crippen LogP contribution is -2.17. The Labute approximate surface area is 120 Å². The van der Waals surface area contributed by atoms with Gasteiger partial charge in [0, 0.05) is 17.5 Å². The van der Waals surface area contributed by atoms with E-state index in [9.17, 15) is 4.79 Å². The van der Waals surface area contributed by atoms with Crippen molar-refractivity contribution in [3.63, 3.8) is 0 Å². The number of hydrogen-bond acceptors (Lipinski definition) is 2. The van der Waals surface area contributed by atoms with Crippen molar-refractivity contribution in [2.75, 3.05) is 0 Å². The zero-order valence-electron chi connectivity index (χ0n) is 10.7. The summed E-state index contributed by atoms with van der Waals surface area (Å²) in [6.07, 6.45) is 3.00. The van der Waals surface area contributed by atoms with Crippen molar-refractivity contribution in [1.82, 2.24) is 4.57 Å². The Morgan fingerprint density at radius 3 is 3.00 bits per heavy atom. The first-order valence-corrected chi connectivity index (χ1v) is 7.76. The summed E-state index contributed by atoms with van der Waals surface area (Å²) in [5.41, 5.74) is 1.11. The molecule has 1 fully saturated rings. The molecule has 5 heteroatoms. The largest absolute Gasteiger partial charge is 0.316 e. The third-order valence-corrected chi connectivity index (χ3v) is 4.50. The van der Waals surface area contributed by atoms with Crippen LogP contribution in [0.4, 0.5) is 0 Å². The van der Waals surface area contributed by atoms with E-state index in [0.717, 1.165) is 45.8 Å². The number of thiazole rings is 1. The number of hydrogen-bond donors (Lipinski definition) is 0. The zero-order chi connectivity index (χ0) is 13.4. The average molecular weight is 295 g/mol. The number of amides is 1. The Morgan fingerprint density at radius 1 is 1.53 bits per heavy atom. The fraction of sp³-hybridized carbons (Fsp3) is 0.429. The van der Waals surface area contributed by atoms with Crippen LogP contribution in [0.3, 0.4) is 0 Å². The minimum absolute atomic E-state index is 0.0301. The van der Waals surface area contributed by atoms with Gasteiger partial charge in [0.2, 0.25) is 0 Å². The van der Waals surface area contributed by atoms with Gasteiger partial charge in [0.15, 0.2) is 4.80 Å². The molecule has 0 saturated heterocycles. The molecule has 1 saturated carbocycles. The van der Waals surface area contributed by atoms with Crippen LogP contribution >= 0.6 is 22.9 Å². The molecule has 19 heavy (non-hydrogen) atoms. The van der Waals surface area contributed by atoms with E-state index >= 15 is 0 Å². The lowest BCUT2D eigenvalue weighted by atomic mass is 10.3. The van der Waals surface area contributed by atoms with E-state index in [4.69, 9.17) is 11.6 Å². The van der Waals surface area contributed by atoms with E-state index in [0.29, 0.717) is 0 Å². The Hall–Kier alpha value is -1.13. The molecule has 1 heterocycles. The number of fused-ring (bicyclic) bond motifs is 1. The molecule has 2 aromatic rings. The molecule has 3 nitrogen and oxygen atoms in total. The fourth-order valence-corrected chi connectivity index (χ4v) is 3.43. The fourth-order valence-electron chi connectivity index (χ4n) is 2.09. The summed E-state index contributed by atoms with van der Waals surface area (Å²) < 4.78 is 3.21. The lowest BCUT2D eigenvalue weighted by Gasteiger charge is -2.02. The van der Waals surface area contributed by atoms with E-state index in [1.807, 2.05) is 18.2 Å². The summed E-state index contributed by atoms with van der Waals surface area (Å²) in [5, 5.41) is 0.720. The van der Waals surface area contributed by atoms with Gasteiger partial charge < -0.3 is 4.57 Å². The molecule has 0 aliphatic heterocycles. The number of carbonyl (C=O) groups is 1. The Bertz CT molecular complexity index is 697. The molecule has 3 rings (SSSR count). The predicted molar refractivity (Wildman–Crippen MR) is 78.4 cm³/mol. The van der Waals surface area contributed by atoms with Crippen molar-refractivity contribution >= 4 is 39.1 Å². The van der Waals surface area contributed by atoms with Crippen LogP contribution in [-0.2, 0) is 11.3 Å². The molecule has 1 aliphatic rings. The topological polar surface area (TPSA) is 34.4 Å². The molecule has 0 N–H and O–H groups in total. The normalized spacial score (nSPS) is 16.2. The van der Waals surface area contributed by atoms with Crippen molar-refractivity contribution < 1.29 is 4.79 Å². The molecular weight excluding hydrogens is 280 g/mol. The summed E-state index contributed by atoms with van der Waals surface area (Å²) in [6.45, 7) is 3.00. The second kappa shape index (κ2) is 5.10. The van der Waals surface area contributed by atoms with Gasteiger partial charge in [0.05, 0.1) is 10.2 Å². The predicted octanol–water partition coefficient (Wildman–Crippen LogP) is 3.60. The van der Waals surface area contributed by atoms with Crippen molar-refractivity contribution in [2.24, 2.45) is 10.9 Å². The lowest BCUT2D eigenvalue weighted by molar-refractivity contribution is -0.119.